The van der Waals surface area contributed by atoms with Crippen LogP contribution >= 0.6 is 0 Å². The number of ether oxygens (including phenoxy) is 4. The predicted octanol–water partition coefficient (Wildman–Crippen LogP) is 7.66. The number of hydrogen-bond acceptors (Lipinski definition) is 11. The highest BCUT2D eigenvalue weighted by molar-refractivity contribution is 5.90. The Morgan fingerprint density at radius 1 is 0.667 bits per heavy atom. The third kappa shape index (κ3) is 10.7. The second-order valence-corrected chi connectivity index (χ2v) is 10.00. The van der Waals surface area contributed by atoms with Crippen molar-refractivity contribution in [2.24, 2.45) is 10.2 Å². The molecule has 0 radical (unpaired) electrons. The lowest BCUT2D eigenvalue weighted by atomic mass is 10.2. The Balaban J connectivity index is 1.38. The Morgan fingerprint density at radius 2 is 1.08 bits per heavy atom. The maximum absolute atomic E-state index is 12.7. The minimum Gasteiger partial charge on any atom is -0.490 e. The molecule has 0 aliphatic heterocycles. The van der Waals surface area contributed by atoms with Crippen molar-refractivity contribution in [2.75, 3.05) is 44.4 Å². The molecule has 0 aliphatic rings. The minimum absolute atomic E-state index is 0.0340. The third-order valence-corrected chi connectivity index (χ3v) is 6.66. The summed E-state index contributed by atoms with van der Waals surface area (Å²) in [5.41, 5.74) is 2.51. The van der Waals surface area contributed by atoms with E-state index in [1.165, 1.54) is 24.3 Å². The molecule has 0 saturated heterocycles. The van der Waals surface area contributed by atoms with Crippen molar-refractivity contribution < 1.29 is 33.5 Å². The molecule has 0 aliphatic carbocycles. The van der Waals surface area contributed by atoms with Gasteiger partial charge in [0, 0.05) is 17.8 Å². The van der Waals surface area contributed by atoms with Crippen molar-refractivity contribution in [3.05, 3.63) is 144 Å². The number of non-ortho nitro benzene ring substituents is 1. The second kappa shape index (κ2) is 18.0. The number of rotatable bonds is 18. The van der Waals surface area contributed by atoms with Crippen LogP contribution in [0.25, 0.3) is 0 Å². The van der Waals surface area contributed by atoms with Crippen LogP contribution in [0.3, 0.4) is 0 Å². The molecule has 0 atom stereocenters. The second-order valence-electron chi connectivity index (χ2n) is 10.00. The van der Waals surface area contributed by atoms with Gasteiger partial charge in [0.1, 0.15) is 37.9 Å². The van der Waals surface area contributed by atoms with E-state index in [4.69, 9.17) is 18.9 Å². The summed E-state index contributed by atoms with van der Waals surface area (Å²) in [5, 5.41) is 19.2. The van der Waals surface area contributed by atoms with Gasteiger partial charge in [0.15, 0.2) is 0 Å². The molecular weight excluding hydrogens is 616 g/mol. The van der Waals surface area contributed by atoms with Crippen LogP contribution in [0.15, 0.2) is 133 Å². The number of hydrogen-bond donors (Lipinski definition) is 0. The molecule has 0 spiro atoms. The molecule has 0 saturated carbocycles. The van der Waals surface area contributed by atoms with Gasteiger partial charge in [-0.3, -0.25) is 10.1 Å². The fourth-order valence-corrected chi connectivity index (χ4v) is 4.21. The van der Waals surface area contributed by atoms with E-state index in [0.717, 1.165) is 5.69 Å². The Hall–Kier alpha value is -6.30. The fourth-order valence-electron chi connectivity index (χ4n) is 4.21. The summed E-state index contributed by atoms with van der Waals surface area (Å²) in [6, 6.07) is 26.1. The number of carbonyl (C=O) groups is 2. The van der Waals surface area contributed by atoms with E-state index in [9.17, 15) is 19.7 Å². The molecule has 0 bridgehead atoms. The Bertz CT molecular complexity index is 1630. The first kappa shape index (κ1) is 34.6. The monoisotopic (exact) mass is 650 g/mol. The van der Waals surface area contributed by atoms with Crippen LogP contribution in [0.1, 0.15) is 20.7 Å². The highest BCUT2D eigenvalue weighted by Crippen LogP contribution is 2.24. The summed E-state index contributed by atoms with van der Waals surface area (Å²) in [5.74, 6) is 0.248. The van der Waals surface area contributed by atoms with Crippen LogP contribution in [0.5, 0.6) is 11.5 Å². The zero-order chi connectivity index (χ0) is 34.1. The molecule has 4 rings (SSSR count). The van der Waals surface area contributed by atoms with Gasteiger partial charge in [0.05, 0.1) is 40.5 Å². The number of benzene rings is 4. The quantitative estimate of drug-likeness (QED) is 0.0349. The largest absolute Gasteiger partial charge is 0.490 e. The zero-order valence-corrected chi connectivity index (χ0v) is 26.1. The highest BCUT2D eigenvalue weighted by Gasteiger charge is 2.13. The Kier molecular flexibility index (Phi) is 13.0. The SMILES string of the molecule is C=CCOc1ccc(C(=O)OCCN(CCOC(=O)c2ccc(OCC=C)cc2)c2ccc(N=Nc3ccc([N+](=O)[O-])cc3)cc2)cc1. The van der Waals surface area contributed by atoms with Crippen LogP contribution in [-0.2, 0) is 9.47 Å². The van der Waals surface area contributed by atoms with Crippen LogP contribution in [0.4, 0.5) is 22.7 Å². The Morgan fingerprint density at radius 3 is 1.48 bits per heavy atom. The lowest BCUT2D eigenvalue weighted by molar-refractivity contribution is -0.384. The molecule has 0 fully saturated rings. The van der Waals surface area contributed by atoms with Gasteiger partial charge in [0.25, 0.3) is 5.69 Å². The average molecular weight is 651 g/mol. The number of nitro groups is 1. The van der Waals surface area contributed by atoms with E-state index in [2.05, 4.69) is 23.4 Å². The van der Waals surface area contributed by atoms with Crippen molar-refractivity contribution in [3.63, 3.8) is 0 Å². The van der Waals surface area contributed by atoms with E-state index in [-0.39, 0.29) is 18.9 Å². The van der Waals surface area contributed by atoms with E-state index in [1.54, 1.807) is 72.8 Å². The van der Waals surface area contributed by atoms with Gasteiger partial charge < -0.3 is 23.8 Å². The fraction of sp³-hybridized carbons (Fsp3) is 0.167. The van der Waals surface area contributed by atoms with Crippen molar-refractivity contribution in [1.82, 2.24) is 0 Å². The van der Waals surface area contributed by atoms with E-state index >= 15 is 0 Å². The number of anilines is 1. The highest BCUT2D eigenvalue weighted by atomic mass is 16.6. The number of carbonyl (C=O) groups excluding carboxylic acids is 2. The van der Waals surface area contributed by atoms with Crippen molar-refractivity contribution in [3.8, 4) is 11.5 Å². The molecule has 0 N–H and O–H groups in total. The van der Waals surface area contributed by atoms with Crippen LogP contribution < -0.4 is 14.4 Å². The van der Waals surface area contributed by atoms with Crippen molar-refractivity contribution in [1.29, 1.82) is 0 Å². The molecule has 0 amide bonds. The van der Waals surface area contributed by atoms with Gasteiger partial charge in [0.2, 0.25) is 0 Å². The smallest absolute Gasteiger partial charge is 0.338 e. The Labute approximate surface area is 277 Å². The maximum atomic E-state index is 12.7. The summed E-state index contributed by atoms with van der Waals surface area (Å²) >= 11 is 0. The van der Waals surface area contributed by atoms with Crippen molar-refractivity contribution in [2.45, 2.75) is 0 Å². The van der Waals surface area contributed by atoms with Crippen molar-refractivity contribution >= 4 is 34.7 Å². The van der Waals surface area contributed by atoms with Crippen LogP contribution in [-0.4, -0.2) is 56.4 Å². The maximum Gasteiger partial charge on any atom is 0.338 e. The summed E-state index contributed by atoms with van der Waals surface area (Å²) < 4.78 is 22.0. The average Bonchev–Trinajstić information content (AvgIpc) is 3.12. The topological polar surface area (TPSA) is 142 Å². The molecule has 0 heterocycles. The van der Waals surface area contributed by atoms with E-state index < -0.39 is 16.9 Å². The number of nitro benzene ring substituents is 1. The van der Waals surface area contributed by atoms with Gasteiger partial charge in [-0.05, 0) is 84.9 Å². The summed E-state index contributed by atoms with van der Waals surface area (Å²) in [6.45, 7) is 8.69. The first-order valence-electron chi connectivity index (χ1n) is 14.9. The summed E-state index contributed by atoms with van der Waals surface area (Å²) in [7, 11) is 0. The van der Waals surface area contributed by atoms with Gasteiger partial charge in [-0.25, -0.2) is 9.59 Å². The first-order chi connectivity index (χ1) is 23.4. The van der Waals surface area contributed by atoms with E-state index in [0.29, 0.717) is 60.3 Å². The number of azo groups is 1. The van der Waals surface area contributed by atoms with Gasteiger partial charge >= 0.3 is 11.9 Å². The number of esters is 2. The first-order valence-corrected chi connectivity index (χ1v) is 14.9. The third-order valence-electron chi connectivity index (χ3n) is 6.66. The zero-order valence-electron chi connectivity index (χ0n) is 26.1. The minimum atomic E-state index is -0.487. The van der Waals surface area contributed by atoms with Crippen LogP contribution in [0.2, 0.25) is 0 Å². The van der Waals surface area contributed by atoms with Gasteiger partial charge in [-0.1, -0.05) is 25.3 Å². The predicted molar refractivity (Wildman–Crippen MR) is 181 cm³/mol. The van der Waals surface area contributed by atoms with Gasteiger partial charge in [-0.2, -0.15) is 10.2 Å². The normalized spacial score (nSPS) is 10.6. The van der Waals surface area contributed by atoms with Crippen LogP contribution in [0, 0.1) is 10.1 Å². The lowest BCUT2D eigenvalue weighted by Gasteiger charge is -2.24. The lowest BCUT2D eigenvalue weighted by Crippen LogP contribution is -2.32. The molecule has 48 heavy (non-hydrogen) atoms. The molecule has 12 nitrogen and oxygen atoms in total. The molecule has 0 unspecified atom stereocenters. The molecular formula is C36H34N4O8. The molecule has 0 aromatic heterocycles. The molecule has 12 heteroatoms. The standard InChI is InChI=1S/C36H34N4O8/c1-3-23-45-33-17-5-27(6-18-33)35(41)47-25-21-39(22-26-48-36(42)28-7-19-34(20-8-28)46-24-4-2)31-13-9-29(10-14-31)37-38-30-11-15-32(16-12-30)40(43)44/h3-20H,1-2,21-26H2. The van der Waals surface area contributed by atoms with Gasteiger partial charge in [-0.15, -0.1) is 0 Å². The summed E-state index contributed by atoms with van der Waals surface area (Å²) in [6.07, 6.45) is 3.26. The molecule has 246 valence electrons. The van der Waals surface area contributed by atoms with E-state index in [1.807, 2.05) is 17.0 Å². The number of nitrogens with zero attached hydrogens (tertiary/aromatic N) is 4. The molecule has 4 aromatic rings. The molecule has 4 aromatic carbocycles. The summed E-state index contributed by atoms with van der Waals surface area (Å²) in [4.78, 5) is 37.7.